The van der Waals surface area contributed by atoms with Gasteiger partial charge in [0.1, 0.15) is 11.6 Å². The fraction of sp³-hybridized carbons (Fsp3) is 0.524. The van der Waals surface area contributed by atoms with E-state index in [1.807, 2.05) is 26.0 Å². The molecule has 9 heteroatoms. The number of benzene rings is 1. The number of nitrogens with two attached hydrogens (primary N) is 1. The van der Waals surface area contributed by atoms with Crippen molar-refractivity contribution in [2.75, 3.05) is 30.7 Å². The topological polar surface area (TPSA) is 70.3 Å². The smallest absolute Gasteiger partial charge is 0.153 e. The number of aromatic nitrogens is 2. The molecule has 0 radical (unpaired) electrons. The first-order valence-corrected chi connectivity index (χ1v) is 10.0. The van der Waals surface area contributed by atoms with Gasteiger partial charge in [-0.25, -0.2) is 14.4 Å². The van der Waals surface area contributed by atoms with Gasteiger partial charge in [0, 0.05) is 43.8 Å². The van der Waals surface area contributed by atoms with Gasteiger partial charge < -0.3 is 11.1 Å². The molecule has 2 fully saturated rings. The average Bonchev–Trinajstić information content (AvgIpc) is 3.24. The molecule has 30 heavy (non-hydrogen) atoms. The third-order valence-corrected chi connectivity index (χ3v) is 6.07. The summed E-state index contributed by atoms with van der Waals surface area (Å²) in [4.78, 5) is 13.6. The Kier molecular flexibility index (Phi) is 8.38. The van der Waals surface area contributed by atoms with Crippen molar-refractivity contribution in [3.8, 4) is 0 Å². The molecule has 4 rings (SSSR count). The van der Waals surface area contributed by atoms with Crippen LogP contribution in [-0.4, -0.2) is 51.5 Å². The van der Waals surface area contributed by atoms with E-state index in [1.165, 1.54) is 6.42 Å². The molecule has 0 amide bonds. The number of piperazine rings is 1. The number of fused-ring (bicyclic) bond motifs is 2. The number of nitrogen functional groups attached to an aromatic ring is 1. The average molecular weight is 453 g/mol. The van der Waals surface area contributed by atoms with Crippen LogP contribution in [0.25, 0.3) is 0 Å². The van der Waals surface area contributed by atoms with E-state index in [2.05, 4.69) is 32.0 Å². The Morgan fingerprint density at radius 3 is 2.47 bits per heavy atom. The van der Waals surface area contributed by atoms with E-state index in [4.69, 9.17) is 5.73 Å². The molecular formula is C21H33FN6S2. The van der Waals surface area contributed by atoms with Crippen LogP contribution in [0.3, 0.4) is 0 Å². The molecule has 3 N–H and O–H groups in total. The maximum Gasteiger partial charge on any atom is 0.153 e. The van der Waals surface area contributed by atoms with Crippen molar-refractivity contribution in [3.05, 3.63) is 46.7 Å². The van der Waals surface area contributed by atoms with Crippen LogP contribution in [0.4, 0.5) is 15.9 Å². The Labute approximate surface area is 192 Å². The highest BCUT2D eigenvalue weighted by molar-refractivity contribution is 7.59. The monoisotopic (exact) mass is 452 g/mol. The van der Waals surface area contributed by atoms with Gasteiger partial charge in [0.25, 0.3) is 0 Å². The minimum atomic E-state index is -0.189. The normalized spacial score (nSPS) is 20.7. The Balaban J connectivity index is 0.00000160. The SMILES string of the molecule is CCN1C[C@@H]2C[C@H]1CN2Cc1ccc(CNc2nc(C)nc(C)c2N)c(F)c1.S.S. The number of rotatable bonds is 6. The Morgan fingerprint density at radius 1 is 1.13 bits per heavy atom. The number of likely N-dealkylation sites (N-methyl/N-ethyl adjacent to an activating group) is 1. The molecule has 3 heterocycles. The van der Waals surface area contributed by atoms with Gasteiger partial charge in [-0.1, -0.05) is 19.1 Å². The molecule has 1 aromatic heterocycles. The predicted octanol–water partition coefficient (Wildman–Crippen LogP) is 2.93. The van der Waals surface area contributed by atoms with Gasteiger partial charge in [0.05, 0.1) is 11.4 Å². The number of nitrogens with zero attached hydrogens (tertiary/aromatic N) is 4. The molecule has 1 aromatic carbocycles. The van der Waals surface area contributed by atoms with Crippen LogP contribution in [0.5, 0.6) is 0 Å². The highest BCUT2D eigenvalue weighted by Gasteiger charge is 2.42. The summed E-state index contributed by atoms with van der Waals surface area (Å²) < 4.78 is 14.7. The summed E-state index contributed by atoms with van der Waals surface area (Å²) in [5.41, 5.74) is 8.91. The summed E-state index contributed by atoms with van der Waals surface area (Å²) in [5.74, 6) is 1.01. The Hall–Kier alpha value is -1.55. The fourth-order valence-corrected chi connectivity index (χ4v) is 4.51. The minimum absolute atomic E-state index is 0. The first kappa shape index (κ1) is 24.7. The Morgan fingerprint density at radius 2 is 1.83 bits per heavy atom. The first-order valence-electron chi connectivity index (χ1n) is 10.0. The summed E-state index contributed by atoms with van der Waals surface area (Å²) in [5, 5.41) is 3.15. The lowest BCUT2D eigenvalue weighted by atomic mass is 10.1. The third-order valence-electron chi connectivity index (χ3n) is 6.07. The van der Waals surface area contributed by atoms with Crippen LogP contribution in [0.15, 0.2) is 18.2 Å². The third kappa shape index (κ3) is 5.01. The highest BCUT2D eigenvalue weighted by atomic mass is 32.1. The lowest BCUT2D eigenvalue weighted by molar-refractivity contribution is 0.127. The standard InChI is InChI=1S/C21H29FN6.2H2S/c1-4-27-11-18-8-17(27)12-28(18)10-15-5-6-16(19(22)7-15)9-24-21-20(23)13(2)25-14(3)26-21;;/h5-7,17-18H,4,8-12,23H2,1-3H3,(H,24,25,26);2*1H2/t17-,18-;;/m0../s1. The summed E-state index contributed by atoms with van der Waals surface area (Å²) in [6, 6.07) is 6.85. The maximum atomic E-state index is 14.7. The summed E-state index contributed by atoms with van der Waals surface area (Å²) in [6.07, 6.45) is 1.25. The number of likely N-dealkylation sites (tertiary alicyclic amines) is 2. The van der Waals surface area contributed by atoms with Gasteiger partial charge in [-0.3, -0.25) is 9.80 Å². The van der Waals surface area contributed by atoms with Crippen molar-refractivity contribution in [2.45, 2.75) is 52.4 Å². The van der Waals surface area contributed by atoms with Crippen LogP contribution in [0.2, 0.25) is 0 Å². The van der Waals surface area contributed by atoms with Crippen molar-refractivity contribution in [2.24, 2.45) is 0 Å². The van der Waals surface area contributed by atoms with Gasteiger partial charge in [-0.15, -0.1) is 0 Å². The highest BCUT2D eigenvalue weighted by Crippen LogP contribution is 2.31. The fourth-order valence-electron chi connectivity index (χ4n) is 4.51. The lowest BCUT2D eigenvalue weighted by Gasteiger charge is -2.33. The number of hydrogen-bond acceptors (Lipinski definition) is 6. The summed E-state index contributed by atoms with van der Waals surface area (Å²) in [7, 11) is 0. The molecule has 0 saturated carbocycles. The number of nitrogens with one attached hydrogen (secondary N) is 1. The molecule has 166 valence electrons. The van der Waals surface area contributed by atoms with E-state index in [1.54, 1.807) is 6.07 Å². The molecule has 0 aliphatic carbocycles. The van der Waals surface area contributed by atoms with Crippen LogP contribution >= 0.6 is 27.0 Å². The van der Waals surface area contributed by atoms with E-state index >= 15 is 0 Å². The van der Waals surface area contributed by atoms with Crippen molar-refractivity contribution in [3.63, 3.8) is 0 Å². The van der Waals surface area contributed by atoms with E-state index in [9.17, 15) is 4.39 Å². The molecule has 2 bridgehead atoms. The number of aryl methyl sites for hydroxylation is 2. The zero-order valence-corrected chi connectivity index (χ0v) is 19.9. The first-order chi connectivity index (χ1) is 13.4. The molecule has 2 saturated heterocycles. The molecule has 0 spiro atoms. The number of halogens is 1. The van der Waals surface area contributed by atoms with Crippen molar-refractivity contribution in [1.82, 2.24) is 19.8 Å². The lowest BCUT2D eigenvalue weighted by Crippen LogP contribution is -2.45. The van der Waals surface area contributed by atoms with Crippen LogP contribution in [0.1, 0.15) is 36.0 Å². The van der Waals surface area contributed by atoms with Crippen LogP contribution < -0.4 is 11.1 Å². The summed E-state index contributed by atoms with van der Waals surface area (Å²) >= 11 is 0. The molecular weight excluding hydrogens is 419 g/mol. The quantitative estimate of drug-likeness (QED) is 0.702. The zero-order chi connectivity index (χ0) is 19.8. The minimum Gasteiger partial charge on any atom is -0.394 e. The van der Waals surface area contributed by atoms with E-state index in [-0.39, 0.29) is 32.8 Å². The van der Waals surface area contributed by atoms with Crippen molar-refractivity contribution >= 4 is 38.5 Å². The van der Waals surface area contributed by atoms with E-state index in [0.717, 1.165) is 37.4 Å². The molecule has 0 unspecified atom stereocenters. The number of hydrogen-bond donors (Lipinski definition) is 2. The molecule has 2 aliphatic heterocycles. The van der Waals surface area contributed by atoms with E-state index < -0.39 is 0 Å². The predicted molar refractivity (Wildman–Crippen MR) is 130 cm³/mol. The molecule has 2 aliphatic rings. The van der Waals surface area contributed by atoms with Gasteiger partial charge in [0.2, 0.25) is 0 Å². The molecule has 2 aromatic rings. The van der Waals surface area contributed by atoms with Crippen molar-refractivity contribution in [1.29, 1.82) is 0 Å². The van der Waals surface area contributed by atoms with Crippen LogP contribution in [-0.2, 0) is 13.1 Å². The van der Waals surface area contributed by atoms with Gasteiger partial charge in [-0.05, 0) is 38.4 Å². The molecule has 2 atom stereocenters. The summed E-state index contributed by atoms with van der Waals surface area (Å²) in [6.45, 7) is 10.4. The molecule has 6 nitrogen and oxygen atoms in total. The zero-order valence-electron chi connectivity index (χ0n) is 17.9. The van der Waals surface area contributed by atoms with Crippen LogP contribution in [0, 0.1) is 19.7 Å². The van der Waals surface area contributed by atoms with Crippen molar-refractivity contribution < 1.29 is 4.39 Å². The van der Waals surface area contributed by atoms with Gasteiger partial charge >= 0.3 is 0 Å². The second-order valence-electron chi connectivity index (χ2n) is 7.96. The Bertz CT molecular complexity index is 881. The van der Waals surface area contributed by atoms with Gasteiger partial charge in [-0.2, -0.15) is 27.0 Å². The number of anilines is 2. The maximum absolute atomic E-state index is 14.7. The second kappa shape index (κ2) is 10.2. The van der Waals surface area contributed by atoms with E-state index in [0.29, 0.717) is 41.5 Å². The second-order valence-corrected chi connectivity index (χ2v) is 7.96. The van der Waals surface area contributed by atoms with Gasteiger partial charge in [0.15, 0.2) is 5.82 Å². The largest absolute Gasteiger partial charge is 0.394 e.